The third kappa shape index (κ3) is 15.2. The topological polar surface area (TPSA) is 108 Å². The molecule has 10 nitrogen and oxygen atoms in total. The van der Waals surface area contributed by atoms with Crippen LogP contribution in [0.4, 0.5) is 0 Å². The molecule has 234 valence electrons. The molecule has 1 aromatic carbocycles. The van der Waals surface area contributed by atoms with Crippen LogP contribution >= 0.6 is 0 Å². The van der Waals surface area contributed by atoms with Gasteiger partial charge in [-0.15, -0.1) is 0 Å². The Morgan fingerprint density at radius 3 is 1.20 bits per heavy atom. The van der Waals surface area contributed by atoms with E-state index < -0.39 is 0 Å². The van der Waals surface area contributed by atoms with Gasteiger partial charge in [0.15, 0.2) is 11.5 Å². The molecule has 1 aromatic rings. The molecule has 0 aromatic heterocycles. The van der Waals surface area contributed by atoms with Crippen molar-refractivity contribution in [3.8, 4) is 11.5 Å². The molecule has 0 aliphatic heterocycles. The van der Waals surface area contributed by atoms with Gasteiger partial charge in [-0.05, 0) is 37.8 Å². The molecular formula is C30H46FeO10. The Hall–Kier alpha value is -1.88. The second-order valence-electron chi connectivity index (χ2n) is 9.89. The van der Waals surface area contributed by atoms with E-state index in [1.165, 1.54) is 0 Å². The molecule has 11 heteroatoms. The summed E-state index contributed by atoms with van der Waals surface area (Å²) in [6, 6.07) is 7.46. The van der Waals surface area contributed by atoms with E-state index in [2.05, 4.69) is 0 Å². The molecule has 0 amide bonds. The fourth-order valence-corrected chi connectivity index (χ4v) is 4.71. The van der Waals surface area contributed by atoms with Crippen LogP contribution in [0, 0.1) is 11.8 Å². The molecule has 41 heavy (non-hydrogen) atoms. The Morgan fingerprint density at radius 2 is 0.829 bits per heavy atom. The fourth-order valence-electron chi connectivity index (χ4n) is 4.71. The van der Waals surface area contributed by atoms with Gasteiger partial charge in [0.2, 0.25) is 0 Å². The van der Waals surface area contributed by atoms with E-state index in [-0.39, 0.29) is 54.1 Å². The van der Waals surface area contributed by atoms with Gasteiger partial charge in [0.05, 0.1) is 64.7 Å². The van der Waals surface area contributed by atoms with Crippen molar-refractivity contribution in [2.24, 2.45) is 11.8 Å². The molecule has 3 rings (SSSR count). The minimum absolute atomic E-state index is 0. The van der Waals surface area contributed by atoms with Crippen LogP contribution in [0.5, 0.6) is 11.5 Å². The summed E-state index contributed by atoms with van der Waals surface area (Å²) in [6.45, 7) is 4.63. The van der Waals surface area contributed by atoms with Crippen molar-refractivity contribution in [1.29, 1.82) is 0 Å². The van der Waals surface area contributed by atoms with E-state index in [0.29, 0.717) is 77.6 Å². The van der Waals surface area contributed by atoms with Crippen molar-refractivity contribution in [1.82, 2.24) is 0 Å². The summed E-state index contributed by atoms with van der Waals surface area (Å²) in [6.07, 6.45) is 8.24. The van der Waals surface area contributed by atoms with E-state index in [9.17, 15) is 9.59 Å². The number of carbonyl (C=O) groups excluding carboxylic acids is 2. The van der Waals surface area contributed by atoms with Gasteiger partial charge in [0.1, 0.15) is 26.4 Å². The number of hydrogen-bond acceptors (Lipinski definition) is 10. The number of hydrogen-bond donors (Lipinski definition) is 0. The molecule has 0 saturated heterocycles. The molecular weight excluding hydrogens is 576 g/mol. The molecule has 0 bridgehead atoms. The summed E-state index contributed by atoms with van der Waals surface area (Å²) in [4.78, 5) is 23.7. The van der Waals surface area contributed by atoms with Gasteiger partial charge in [-0.2, -0.15) is 0 Å². The zero-order valence-electron chi connectivity index (χ0n) is 24.0. The van der Waals surface area contributed by atoms with Gasteiger partial charge in [-0.1, -0.05) is 37.8 Å². The maximum atomic E-state index is 11.8. The molecule has 0 atom stereocenters. The second kappa shape index (κ2) is 22.7. The van der Waals surface area contributed by atoms with E-state index in [1.54, 1.807) is 0 Å². The Kier molecular flexibility index (Phi) is 19.5. The summed E-state index contributed by atoms with van der Waals surface area (Å²) in [5, 5.41) is 0. The maximum Gasteiger partial charge on any atom is 0.309 e. The van der Waals surface area contributed by atoms with Gasteiger partial charge in [-0.25, -0.2) is 0 Å². The Bertz CT molecular complexity index is 760. The summed E-state index contributed by atoms with van der Waals surface area (Å²) in [7, 11) is 0. The van der Waals surface area contributed by atoms with Crippen molar-refractivity contribution in [3.63, 3.8) is 0 Å². The minimum Gasteiger partial charge on any atom is -0.487 e. The van der Waals surface area contributed by atoms with Crippen LogP contribution < -0.4 is 9.47 Å². The van der Waals surface area contributed by atoms with E-state index in [1.807, 2.05) is 24.3 Å². The first kappa shape index (κ1) is 35.3. The molecule has 0 N–H and O–H groups in total. The van der Waals surface area contributed by atoms with Gasteiger partial charge in [0.25, 0.3) is 0 Å². The molecule has 2 saturated carbocycles. The normalized spacial score (nSPS) is 15.4. The second-order valence-corrected chi connectivity index (χ2v) is 9.89. The Morgan fingerprint density at radius 1 is 0.512 bits per heavy atom. The van der Waals surface area contributed by atoms with E-state index >= 15 is 0 Å². The van der Waals surface area contributed by atoms with Crippen molar-refractivity contribution in [2.45, 2.75) is 51.4 Å². The third-order valence-corrected chi connectivity index (χ3v) is 6.88. The van der Waals surface area contributed by atoms with Gasteiger partial charge < -0.3 is 37.9 Å². The van der Waals surface area contributed by atoms with E-state index in [0.717, 1.165) is 51.4 Å². The monoisotopic (exact) mass is 622 g/mol. The number of ether oxygens (including phenoxy) is 8. The number of carbonyl (C=O) groups is 2. The fraction of sp³-hybridized carbons (Fsp3) is 0.733. The van der Waals surface area contributed by atoms with Crippen LogP contribution in [0.3, 0.4) is 0 Å². The molecule has 0 spiro atoms. The zero-order chi connectivity index (χ0) is 28.1. The van der Waals surface area contributed by atoms with Crippen molar-refractivity contribution >= 4 is 11.9 Å². The average molecular weight is 623 g/mol. The number of benzene rings is 1. The maximum absolute atomic E-state index is 11.8. The zero-order valence-corrected chi connectivity index (χ0v) is 25.1. The molecule has 2 aliphatic rings. The SMILES string of the molecule is O=C(OCCOCCOCCOc1ccccc1OCCOCCOCCOC(=O)C1CCCC1)C1CCCC1.[Fe]. The van der Waals surface area contributed by atoms with Crippen molar-refractivity contribution in [3.05, 3.63) is 24.3 Å². The number of rotatable bonds is 22. The van der Waals surface area contributed by atoms with Crippen LogP contribution in [0.15, 0.2) is 24.3 Å². The minimum atomic E-state index is -0.0948. The predicted molar refractivity (Wildman–Crippen MR) is 147 cm³/mol. The van der Waals surface area contributed by atoms with Crippen LogP contribution in [0.2, 0.25) is 0 Å². The predicted octanol–water partition coefficient (Wildman–Crippen LogP) is 3.97. The third-order valence-electron chi connectivity index (χ3n) is 6.88. The Labute approximate surface area is 254 Å². The Balaban J connectivity index is 0.00000588. The molecule has 0 radical (unpaired) electrons. The largest absolute Gasteiger partial charge is 0.487 e. The van der Waals surface area contributed by atoms with Crippen molar-refractivity contribution in [2.75, 3.05) is 79.3 Å². The molecule has 2 fully saturated rings. The first-order valence-corrected chi connectivity index (χ1v) is 14.7. The molecule has 0 unspecified atom stereocenters. The standard InChI is InChI=1S/C30H46O10.Fe/c31-29(25-7-1-2-8-25)39-23-19-35-15-13-33-17-21-37-27-11-5-6-12-28(27)38-22-18-34-14-16-36-20-24-40-30(32)26-9-3-4-10-26;/h5-6,11-12,25-26H,1-4,7-10,13-24H2;. The van der Waals surface area contributed by atoms with Gasteiger partial charge >= 0.3 is 11.9 Å². The first-order valence-electron chi connectivity index (χ1n) is 14.7. The smallest absolute Gasteiger partial charge is 0.309 e. The summed E-state index contributed by atoms with van der Waals surface area (Å²) < 4.78 is 44.1. The van der Waals surface area contributed by atoms with Crippen LogP contribution in [-0.2, 0) is 55.1 Å². The average Bonchev–Trinajstić information content (AvgIpc) is 3.71. The van der Waals surface area contributed by atoms with Crippen LogP contribution in [-0.4, -0.2) is 91.2 Å². The number of esters is 2. The van der Waals surface area contributed by atoms with Crippen LogP contribution in [0.25, 0.3) is 0 Å². The number of para-hydroxylation sites is 2. The van der Waals surface area contributed by atoms with E-state index in [4.69, 9.17) is 37.9 Å². The molecule has 0 heterocycles. The quantitative estimate of drug-likeness (QED) is 0.107. The molecule has 2 aliphatic carbocycles. The van der Waals surface area contributed by atoms with Crippen molar-refractivity contribution < 1.29 is 64.6 Å². The summed E-state index contributed by atoms with van der Waals surface area (Å²) in [5.41, 5.74) is 0. The first-order chi connectivity index (χ1) is 19.7. The summed E-state index contributed by atoms with van der Waals surface area (Å²) >= 11 is 0. The van der Waals surface area contributed by atoms with Crippen LogP contribution in [0.1, 0.15) is 51.4 Å². The van der Waals surface area contributed by atoms with Gasteiger partial charge in [-0.3, -0.25) is 9.59 Å². The van der Waals surface area contributed by atoms with Gasteiger partial charge in [0, 0.05) is 17.1 Å². The summed E-state index contributed by atoms with van der Waals surface area (Å²) in [5.74, 6) is 1.25.